The van der Waals surface area contributed by atoms with Gasteiger partial charge in [-0.05, 0) is 68.6 Å². The molecule has 0 aromatic heterocycles. The van der Waals surface area contributed by atoms with Gasteiger partial charge in [-0.3, -0.25) is 0 Å². The van der Waals surface area contributed by atoms with Gasteiger partial charge >= 0.3 is 0 Å². The zero-order valence-corrected chi connectivity index (χ0v) is 15.9. The Morgan fingerprint density at radius 2 is 1.36 bits per heavy atom. The second-order valence-electron chi connectivity index (χ2n) is 9.18. The van der Waals surface area contributed by atoms with Crippen LogP contribution >= 0.6 is 0 Å². The number of alkyl halides is 2. The average Bonchev–Trinajstić information content (AvgIpc) is 3.28. The molecule has 2 heteroatoms. The second-order valence-corrected chi connectivity index (χ2v) is 9.18. The van der Waals surface area contributed by atoms with Gasteiger partial charge in [0.25, 0.3) is 0 Å². The molecule has 0 heterocycles. The fourth-order valence-electron chi connectivity index (χ4n) is 2.77. The maximum absolute atomic E-state index is 12.8. The minimum absolute atomic E-state index is 0.243. The molecule has 0 aromatic carbocycles. The zero-order valence-electron chi connectivity index (χ0n) is 15.9. The lowest BCUT2D eigenvalue weighted by Crippen LogP contribution is -2.39. The van der Waals surface area contributed by atoms with Gasteiger partial charge in [0.2, 0.25) is 0 Å². The molecule has 0 saturated heterocycles. The minimum Gasteiger partial charge on any atom is -0.244 e. The maximum Gasteiger partial charge on any atom is 0.113 e. The Kier molecular flexibility index (Phi) is 6.49. The third kappa shape index (κ3) is 6.54. The van der Waals surface area contributed by atoms with Crippen LogP contribution in [0.5, 0.6) is 0 Å². The molecule has 0 amide bonds. The van der Waals surface area contributed by atoms with Crippen LogP contribution in [0.1, 0.15) is 93.4 Å². The van der Waals surface area contributed by atoms with Crippen LogP contribution in [-0.4, -0.2) is 11.3 Å². The minimum atomic E-state index is -0.824. The summed E-state index contributed by atoms with van der Waals surface area (Å²) in [6, 6.07) is 0. The molecule has 0 atom stereocenters. The van der Waals surface area contributed by atoms with Crippen LogP contribution in [0.15, 0.2) is 0 Å². The molecule has 0 N–H and O–H groups in total. The first-order valence-corrected chi connectivity index (χ1v) is 9.31. The van der Waals surface area contributed by atoms with Crippen LogP contribution in [0.2, 0.25) is 0 Å². The van der Waals surface area contributed by atoms with Crippen molar-refractivity contribution in [3.05, 3.63) is 0 Å². The highest BCUT2D eigenvalue weighted by Gasteiger charge is 2.45. The van der Waals surface area contributed by atoms with Crippen molar-refractivity contribution in [3.63, 3.8) is 0 Å². The number of hydrogen-bond donors (Lipinski definition) is 0. The Morgan fingerprint density at radius 1 is 0.909 bits per heavy atom. The summed E-state index contributed by atoms with van der Waals surface area (Å²) in [5.74, 6) is 1.57. The Morgan fingerprint density at radius 3 is 1.41 bits per heavy atom. The molecule has 22 heavy (non-hydrogen) atoms. The lowest BCUT2D eigenvalue weighted by atomic mass is 9.68. The fraction of sp³-hybridized carbons (Fsp3) is 1.00. The van der Waals surface area contributed by atoms with Crippen molar-refractivity contribution in [2.45, 2.75) is 105 Å². The summed E-state index contributed by atoms with van der Waals surface area (Å²) in [6.07, 6.45) is 7.49. The van der Waals surface area contributed by atoms with E-state index in [1.165, 1.54) is 19.3 Å². The van der Waals surface area contributed by atoms with Crippen molar-refractivity contribution in [3.8, 4) is 0 Å². The Bertz CT molecular complexity index is 328. The predicted molar refractivity (Wildman–Crippen MR) is 92.6 cm³/mol. The van der Waals surface area contributed by atoms with E-state index in [0.717, 1.165) is 31.1 Å². The van der Waals surface area contributed by atoms with Crippen LogP contribution in [0.3, 0.4) is 0 Å². The third-order valence-electron chi connectivity index (χ3n) is 6.04. The van der Waals surface area contributed by atoms with Gasteiger partial charge in [-0.25, -0.2) is 8.78 Å². The molecule has 132 valence electrons. The van der Waals surface area contributed by atoms with E-state index in [1.54, 1.807) is 6.92 Å². The molecule has 0 nitrogen and oxygen atoms in total. The van der Waals surface area contributed by atoms with E-state index in [0.29, 0.717) is 11.8 Å². The van der Waals surface area contributed by atoms with E-state index < -0.39 is 11.3 Å². The van der Waals surface area contributed by atoms with Gasteiger partial charge in [-0.15, -0.1) is 0 Å². The summed E-state index contributed by atoms with van der Waals surface area (Å²) < 4.78 is 25.4. The quantitative estimate of drug-likeness (QED) is 0.520. The molecule has 0 bridgehead atoms. The number of rotatable bonds is 3. The van der Waals surface area contributed by atoms with E-state index in [9.17, 15) is 8.78 Å². The SMILES string of the molecule is CC(C)C1(F)CC1.CC(C)C1CC(C)(F)C1.CCC1(C)CC1. The van der Waals surface area contributed by atoms with Gasteiger partial charge in [-0.1, -0.05) is 48.0 Å². The highest BCUT2D eigenvalue weighted by molar-refractivity contribution is 4.96. The van der Waals surface area contributed by atoms with Crippen molar-refractivity contribution in [2.75, 3.05) is 0 Å². The van der Waals surface area contributed by atoms with Crippen molar-refractivity contribution >= 4 is 0 Å². The van der Waals surface area contributed by atoms with E-state index in [2.05, 4.69) is 27.7 Å². The standard InChI is InChI=1S/C8H15F.C6H11F.C6H12/c1-6(2)7-4-8(3,9)5-7;1-5(2)6(7)3-4-6;1-3-6(2)4-5-6/h6-7H,4-5H2,1-3H3;5H,3-4H2,1-2H3;3-5H2,1-2H3. The largest absolute Gasteiger partial charge is 0.244 e. The molecule has 0 aliphatic heterocycles. The molecule has 0 radical (unpaired) electrons. The van der Waals surface area contributed by atoms with Gasteiger partial charge in [0.1, 0.15) is 11.3 Å². The first kappa shape index (κ1) is 19.9. The van der Waals surface area contributed by atoms with Crippen LogP contribution in [0, 0.1) is 23.2 Å². The Hall–Kier alpha value is -0.140. The Labute approximate surface area is 137 Å². The smallest absolute Gasteiger partial charge is 0.113 e. The molecule has 3 aliphatic carbocycles. The lowest BCUT2D eigenvalue weighted by molar-refractivity contribution is 0.00285. The molecule has 3 aliphatic rings. The summed E-state index contributed by atoms with van der Waals surface area (Å²) in [5, 5.41) is 0. The van der Waals surface area contributed by atoms with Gasteiger partial charge in [-0.2, -0.15) is 0 Å². The van der Waals surface area contributed by atoms with Crippen molar-refractivity contribution in [1.29, 1.82) is 0 Å². The summed E-state index contributed by atoms with van der Waals surface area (Å²) in [5.41, 5.74) is -0.783. The monoisotopic (exact) mass is 316 g/mol. The molecular formula is C20H38F2. The van der Waals surface area contributed by atoms with Gasteiger partial charge < -0.3 is 0 Å². The maximum atomic E-state index is 12.8. The lowest BCUT2D eigenvalue weighted by Gasteiger charge is -2.41. The zero-order chi connectivity index (χ0) is 17.2. The van der Waals surface area contributed by atoms with Gasteiger partial charge in [0.05, 0.1) is 0 Å². The molecule has 0 unspecified atom stereocenters. The van der Waals surface area contributed by atoms with E-state index >= 15 is 0 Å². The van der Waals surface area contributed by atoms with Crippen molar-refractivity contribution in [1.82, 2.24) is 0 Å². The molecule has 3 rings (SSSR count). The topological polar surface area (TPSA) is 0 Å². The normalized spacial score (nSPS) is 33.1. The molecule has 3 saturated carbocycles. The summed E-state index contributed by atoms with van der Waals surface area (Å²) >= 11 is 0. The fourth-order valence-corrected chi connectivity index (χ4v) is 2.77. The van der Waals surface area contributed by atoms with Crippen LogP contribution in [0.4, 0.5) is 8.78 Å². The third-order valence-corrected chi connectivity index (χ3v) is 6.04. The van der Waals surface area contributed by atoms with E-state index in [4.69, 9.17) is 0 Å². The molecule has 3 fully saturated rings. The first-order chi connectivity index (χ1) is 9.93. The van der Waals surface area contributed by atoms with E-state index in [-0.39, 0.29) is 5.92 Å². The van der Waals surface area contributed by atoms with Crippen molar-refractivity contribution < 1.29 is 8.78 Å². The van der Waals surface area contributed by atoms with Crippen molar-refractivity contribution in [2.24, 2.45) is 23.2 Å². The van der Waals surface area contributed by atoms with Crippen LogP contribution in [0.25, 0.3) is 0 Å². The second kappa shape index (κ2) is 7.18. The molecule has 0 spiro atoms. The van der Waals surface area contributed by atoms with Gasteiger partial charge in [0.15, 0.2) is 0 Å². The summed E-state index contributed by atoms with van der Waals surface area (Å²) in [4.78, 5) is 0. The van der Waals surface area contributed by atoms with Crippen LogP contribution in [-0.2, 0) is 0 Å². The number of hydrogen-bond acceptors (Lipinski definition) is 0. The highest BCUT2D eigenvalue weighted by Crippen LogP contribution is 2.47. The first-order valence-electron chi connectivity index (χ1n) is 9.31. The average molecular weight is 317 g/mol. The summed E-state index contributed by atoms with van der Waals surface area (Å²) in [6.45, 7) is 14.5. The summed E-state index contributed by atoms with van der Waals surface area (Å²) in [7, 11) is 0. The highest BCUT2D eigenvalue weighted by atomic mass is 19.1. The predicted octanol–water partition coefficient (Wildman–Crippen LogP) is 7.12. The van der Waals surface area contributed by atoms with Crippen LogP contribution < -0.4 is 0 Å². The molecular weight excluding hydrogens is 278 g/mol. The number of halogens is 2. The van der Waals surface area contributed by atoms with E-state index in [1.807, 2.05) is 13.8 Å². The molecule has 0 aromatic rings. The Balaban J connectivity index is 0.000000169. The van der Waals surface area contributed by atoms with Gasteiger partial charge in [0, 0.05) is 0 Å².